The third-order valence-corrected chi connectivity index (χ3v) is 5.28. The summed E-state index contributed by atoms with van der Waals surface area (Å²) in [6, 6.07) is 5.42. The van der Waals surface area contributed by atoms with Crippen LogP contribution in [-0.4, -0.2) is 23.5 Å². The van der Waals surface area contributed by atoms with E-state index in [0.29, 0.717) is 5.56 Å². The van der Waals surface area contributed by atoms with Gasteiger partial charge in [-0.3, -0.25) is 10.1 Å². The number of sulfone groups is 1. The van der Waals surface area contributed by atoms with Gasteiger partial charge in [-0.15, -0.1) is 10.2 Å². The molecule has 1 aromatic carbocycles. The lowest BCUT2D eigenvalue weighted by Crippen LogP contribution is -2.05. The van der Waals surface area contributed by atoms with Crippen LogP contribution >= 0.6 is 22.9 Å². The van der Waals surface area contributed by atoms with Gasteiger partial charge in [-0.05, 0) is 17.2 Å². The second-order valence-corrected chi connectivity index (χ2v) is 7.23. The number of hydrogen-bond donors (Lipinski definition) is 0. The van der Waals surface area contributed by atoms with Crippen molar-refractivity contribution in [3.05, 3.63) is 44.4 Å². The highest BCUT2D eigenvalue weighted by atomic mass is 35.5. The largest absolute Gasteiger partial charge is 0.269 e. The number of nitro benzene ring substituents is 1. The highest BCUT2D eigenvalue weighted by molar-refractivity contribution is 7.92. The molecule has 0 unspecified atom stereocenters. The van der Waals surface area contributed by atoms with Gasteiger partial charge in [-0.2, -0.15) is 0 Å². The van der Waals surface area contributed by atoms with E-state index < -0.39 is 14.8 Å². The quantitative estimate of drug-likeness (QED) is 0.631. The summed E-state index contributed by atoms with van der Waals surface area (Å²) in [6.07, 6.45) is 0. The lowest BCUT2D eigenvalue weighted by Gasteiger charge is -2.00. The average Bonchev–Trinajstić information content (AvgIpc) is 2.76. The first-order valence-corrected chi connectivity index (χ1v) is 7.68. The predicted octanol–water partition coefficient (Wildman–Crippen LogP) is 2.07. The van der Waals surface area contributed by atoms with Gasteiger partial charge < -0.3 is 0 Å². The summed E-state index contributed by atoms with van der Waals surface area (Å²) in [4.78, 5) is 10.0. The van der Waals surface area contributed by atoms with Crippen LogP contribution in [0.4, 0.5) is 5.69 Å². The molecule has 100 valence electrons. The number of aromatic nitrogens is 2. The fourth-order valence-electron chi connectivity index (χ4n) is 1.36. The second-order valence-electron chi connectivity index (χ2n) is 3.51. The van der Waals surface area contributed by atoms with Crippen LogP contribution in [0.15, 0.2) is 28.6 Å². The van der Waals surface area contributed by atoms with Crippen molar-refractivity contribution < 1.29 is 13.3 Å². The van der Waals surface area contributed by atoms with E-state index in [-0.39, 0.29) is 20.2 Å². The van der Waals surface area contributed by atoms with Crippen molar-refractivity contribution in [1.82, 2.24) is 10.2 Å². The van der Waals surface area contributed by atoms with Gasteiger partial charge in [0.05, 0.1) is 10.7 Å². The number of nitro groups is 1. The number of rotatable bonds is 4. The fourth-order valence-corrected chi connectivity index (χ4v) is 3.89. The second kappa shape index (κ2) is 5.19. The van der Waals surface area contributed by atoms with Gasteiger partial charge in [0.1, 0.15) is 0 Å². The highest BCUT2D eigenvalue weighted by Gasteiger charge is 2.21. The number of non-ortho nitro benzene ring substituents is 1. The Hall–Kier alpha value is -1.58. The van der Waals surface area contributed by atoms with E-state index in [0.717, 1.165) is 11.3 Å². The van der Waals surface area contributed by atoms with Crippen LogP contribution < -0.4 is 0 Å². The molecular formula is C9H6ClN3O4S2. The average molecular weight is 320 g/mol. The van der Waals surface area contributed by atoms with E-state index in [4.69, 9.17) is 11.6 Å². The van der Waals surface area contributed by atoms with Crippen LogP contribution in [0.2, 0.25) is 4.47 Å². The molecule has 0 fully saturated rings. The van der Waals surface area contributed by atoms with Crippen molar-refractivity contribution in [1.29, 1.82) is 0 Å². The van der Waals surface area contributed by atoms with Crippen molar-refractivity contribution in [2.45, 2.75) is 10.1 Å². The smallest absolute Gasteiger partial charge is 0.258 e. The molecule has 2 rings (SSSR count). The van der Waals surface area contributed by atoms with Crippen molar-refractivity contribution >= 4 is 38.5 Å². The van der Waals surface area contributed by atoms with Gasteiger partial charge in [-0.25, -0.2) is 8.42 Å². The Bertz CT molecular complexity index is 729. The molecule has 1 heterocycles. The lowest BCUT2D eigenvalue weighted by molar-refractivity contribution is -0.384. The highest BCUT2D eigenvalue weighted by Crippen LogP contribution is 2.24. The van der Waals surface area contributed by atoms with Gasteiger partial charge in [0.25, 0.3) is 5.69 Å². The standard InChI is InChI=1S/C9H6ClN3O4S2/c10-8-11-12-9(18-8)19(16,17)5-6-2-1-3-7(4-6)13(14)15/h1-4H,5H2. The third-order valence-electron chi connectivity index (χ3n) is 2.13. The number of benzene rings is 1. The summed E-state index contributed by atoms with van der Waals surface area (Å²) in [5.74, 6) is -0.389. The minimum atomic E-state index is -3.70. The minimum Gasteiger partial charge on any atom is -0.258 e. The molecule has 1 aromatic heterocycles. The third kappa shape index (κ3) is 3.25. The molecule has 7 nitrogen and oxygen atoms in total. The Morgan fingerprint density at radius 3 is 2.68 bits per heavy atom. The van der Waals surface area contributed by atoms with E-state index in [1.807, 2.05) is 0 Å². The number of halogens is 1. The summed E-state index contributed by atoms with van der Waals surface area (Å²) in [5.41, 5.74) is 0.142. The monoisotopic (exact) mass is 319 g/mol. The molecule has 19 heavy (non-hydrogen) atoms. The molecule has 0 bridgehead atoms. The summed E-state index contributed by atoms with van der Waals surface area (Å²) < 4.78 is 23.8. The molecule has 0 saturated heterocycles. The number of hydrogen-bond acceptors (Lipinski definition) is 7. The Labute approximate surface area is 116 Å². The van der Waals surface area contributed by atoms with Crippen molar-refractivity contribution in [2.75, 3.05) is 0 Å². The predicted molar refractivity (Wildman–Crippen MR) is 68.9 cm³/mol. The van der Waals surface area contributed by atoms with Crippen LogP contribution in [0, 0.1) is 10.1 Å². The van der Waals surface area contributed by atoms with E-state index in [1.54, 1.807) is 0 Å². The zero-order valence-electron chi connectivity index (χ0n) is 9.19. The molecule has 0 spiro atoms. The molecule has 0 aliphatic carbocycles. The molecule has 0 saturated carbocycles. The van der Waals surface area contributed by atoms with Crippen molar-refractivity contribution in [3.63, 3.8) is 0 Å². The molecule has 0 radical (unpaired) electrons. The van der Waals surface area contributed by atoms with Gasteiger partial charge >= 0.3 is 0 Å². The first-order chi connectivity index (χ1) is 8.88. The normalized spacial score (nSPS) is 11.4. The topological polar surface area (TPSA) is 103 Å². The van der Waals surface area contributed by atoms with E-state index in [2.05, 4.69) is 10.2 Å². The van der Waals surface area contributed by atoms with Gasteiger partial charge in [0.15, 0.2) is 0 Å². The Kier molecular flexibility index (Phi) is 3.78. The molecule has 10 heteroatoms. The van der Waals surface area contributed by atoms with E-state index in [9.17, 15) is 18.5 Å². The fraction of sp³-hybridized carbons (Fsp3) is 0.111. The van der Waals surface area contributed by atoms with Crippen molar-refractivity contribution in [2.24, 2.45) is 0 Å². The maximum absolute atomic E-state index is 12.0. The Morgan fingerprint density at radius 1 is 1.37 bits per heavy atom. The summed E-state index contributed by atoms with van der Waals surface area (Å²) in [7, 11) is -3.70. The van der Waals surface area contributed by atoms with Crippen LogP contribution in [-0.2, 0) is 15.6 Å². The number of nitrogens with zero attached hydrogens (tertiary/aromatic N) is 3. The lowest BCUT2D eigenvalue weighted by atomic mass is 10.2. The molecule has 0 aliphatic heterocycles. The van der Waals surface area contributed by atoms with Crippen LogP contribution in [0.25, 0.3) is 0 Å². The van der Waals surface area contributed by atoms with Crippen molar-refractivity contribution in [3.8, 4) is 0 Å². The molecule has 0 N–H and O–H groups in total. The molecule has 0 atom stereocenters. The Morgan fingerprint density at radius 2 is 2.11 bits per heavy atom. The maximum Gasteiger partial charge on any atom is 0.269 e. The van der Waals surface area contributed by atoms with E-state index >= 15 is 0 Å². The summed E-state index contributed by atoms with van der Waals surface area (Å²) in [6.45, 7) is 0. The van der Waals surface area contributed by atoms with Crippen LogP contribution in [0.1, 0.15) is 5.56 Å². The Balaban J connectivity index is 2.30. The molecule has 0 amide bonds. The van der Waals surface area contributed by atoms with Crippen LogP contribution in [0.3, 0.4) is 0 Å². The first-order valence-electron chi connectivity index (χ1n) is 4.83. The van der Waals surface area contributed by atoms with E-state index in [1.165, 1.54) is 24.3 Å². The zero-order valence-corrected chi connectivity index (χ0v) is 11.6. The zero-order chi connectivity index (χ0) is 14.0. The molecule has 0 aliphatic rings. The summed E-state index contributed by atoms with van der Waals surface area (Å²) in [5, 5.41) is 17.5. The first kappa shape index (κ1) is 13.8. The summed E-state index contributed by atoms with van der Waals surface area (Å²) >= 11 is 6.27. The maximum atomic E-state index is 12.0. The van der Waals surface area contributed by atoms with Gasteiger partial charge in [-0.1, -0.05) is 23.5 Å². The van der Waals surface area contributed by atoms with Crippen LogP contribution in [0.5, 0.6) is 0 Å². The van der Waals surface area contributed by atoms with Gasteiger partial charge in [0.2, 0.25) is 18.6 Å². The SMILES string of the molecule is O=[N+]([O-])c1cccc(CS(=O)(=O)c2nnc(Cl)s2)c1. The van der Waals surface area contributed by atoms with Gasteiger partial charge in [0, 0.05) is 12.1 Å². The molecular weight excluding hydrogens is 314 g/mol. The minimum absolute atomic E-state index is 0.0256. The molecule has 2 aromatic rings.